The third-order valence-corrected chi connectivity index (χ3v) is 1.94. The number of nitrogens with zero attached hydrogens (tertiary/aromatic N) is 3. The van der Waals surface area contributed by atoms with E-state index in [0.717, 1.165) is 24.0 Å². The van der Waals surface area contributed by atoms with Crippen LogP contribution in [-0.2, 0) is 6.42 Å². The van der Waals surface area contributed by atoms with Gasteiger partial charge in [0.15, 0.2) is 17.8 Å². The fourth-order valence-electron chi connectivity index (χ4n) is 1.33. The molecule has 0 aromatic carbocycles. The van der Waals surface area contributed by atoms with Crippen LogP contribution >= 0.6 is 0 Å². The molecule has 2 aromatic heterocycles. The molecule has 4 heteroatoms. The molecular formula is C9H9N3O. The molecule has 0 atom stereocenters. The van der Waals surface area contributed by atoms with Gasteiger partial charge >= 0.3 is 0 Å². The maximum Gasteiger partial charge on any atom is 0.186 e. The molecule has 0 saturated carbocycles. The second kappa shape index (κ2) is 2.97. The Morgan fingerprint density at radius 1 is 1.62 bits per heavy atom. The van der Waals surface area contributed by atoms with E-state index in [-0.39, 0.29) is 0 Å². The first-order valence-electron chi connectivity index (χ1n) is 4.14. The van der Waals surface area contributed by atoms with Crippen molar-refractivity contribution in [1.82, 2.24) is 14.4 Å². The van der Waals surface area contributed by atoms with E-state index in [1.165, 1.54) is 0 Å². The van der Waals surface area contributed by atoms with Crippen LogP contribution in [0.4, 0.5) is 0 Å². The summed E-state index contributed by atoms with van der Waals surface area (Å²) >= 11 is 0. The molecule has 66 valence electrons. The maximum atomic E-state index is 10.6. The molecule has 0 aliphatic carbocycles. The molecule has 0 bridgehead atoms. The number of aryl methyl sites for hydroxylation is 1. The van der Waals surface area contributed by atoms with E-state index < -0.39 is 0 Å². The highest BCUT2D eigenvalue weighted by Crippen LogP contribution is 2.09. The van der Waals surface area contributed by atoms with Crippen molar-refractivity contribution < 1.29 is 4.79 Å². The van der Waals surface area contributed by atoms with Crippen molar-refractivity contribution in [2.45, 2.75) is 13.3 Å². The van der Waals surface area contributed by atoms with Crippen LogP contribution in [-0.4, -0.2) is 20.7 Å². The third kappa shape index (κ3) is 1.11. The predicted molar refractivity (Wildman–Crippen MR) is 47.8 cm³/mol. The molecule has 0 aliphatic rings. The summed E-state index contributed by atoms with van der Waals surface area (Å²) in [6, 6.07) is 1.78. The first-order chi connectivity index (χ1) is 6.36. The fourth-order valence-corrected chi connectivity index (χ4v) is 1.33. The summed E-state index contributed by atoms with van der Waals surface area (Å²) in [6.45, 7) is 1.99. The Labute approximate surface area is 75.2 Å². The highest BCUT2D eigenvalue weighted by Gasteiger charge is 2.08. The van der Waals surface area contributed by atoms with E-state index in [2.05, 4.69) is 9.97 Å². The van der Waals surface area contributed by atoms with Gasteiger partial charge in [-0.1, -0.05) is 6.92 Å². The minimum atomic E-state index is 0.417. The molecule has 2 heterocycles. The molecular weight excluding hydrogens is 166 g/mol. The van der Waals surface area contributed by atoms with Crippen molar-refractivity contribution in [3.05, 3.63) is 30.0 Å². The summed E-state index contributed by atoms with van der Waals surface area (Å²) in [4.78, 5) is 19.0. The van der Waals surface area contributed by atoms with Crippen molar-refractivity contribution in [1.29, 1.82) is 0 Å². The number of carbonyl (C=O) groups is 1. The van der Waals surface area contributed by atoms with Gasteiger partial charge < -0.3 is 0 Å². The first kappa shape index (κ1) is 7.91. The van der Waals surface area contributed by atoms with Gasteiger partial charge in [-0.2, -0.15) is 0 Å². The molecule has 0 unspecified atom stereocenters. The Morgan fingerprint density at radius 2 is 2.46 bits per heavy atom. The first-order valence-corrected chi connectivity index (χ1v) is 4.14. The van der Waals surface area contributed by atoms with Gasteiger partial charge in [0.2, 0.25) is 0 Å². The highest BCUT2D eigenvalue weighted by atomic mass is 16.1. The van der Waals surface area contributed by atoms with Crippen LogP contribution in [0.15, 0.2) is 18.5 Å². The van der Waals surface area contributed by atoms with Gasteiger partial charge in [0.05, 0.1) is 5.69 Å². The predicted octanol–water partition coefficient (Wildman–Crippen LogP) is 1.10. The molecule has 0 N–H and O–H groups in total. The SMILES string of the molecule is CCc1nc(C=O)n2cccnc12. The van der Waals surface area contributed by atoms with E-state index in [1.54, 1.807) is 22.9 Å². The number of fused-ring (bicyclic) bond motifs is 1. The monoisotopic (exact) mass is 175 g/mol. The average Bonchev–Trinajstić information content (AvgIpc) is 2.56. The third-order valence-electron chi connectivity index (χ3n) is 1.94. The lowest BCUT2D eigenvalue weighted by molar-refractivity contribution is 0.111. The summed E-state index contributed by atoms with van der Waals surface area (Å²) < 4.78 is 1.70. The minimum Gasteiger partial charge on any atom is -0.294 e. The molecule has 2 aromatic rings. The Morgan fingerprint density at radius 3 is 3.15 bits per heavy atom. The molecule has 0 radical (unpaired) electrons. The minimum absolute atomic E-state index is 0.417. The number of imidazole rings is 1. The smallest absolute Gasteiger partial charge is 0.186 e. The van der Waals surface area contributed by atoms with Crippen LogP contribution in [0.2, 0.25) is 0 Å². The zero-order chi connectivity index (χ0) is 9.26. The van der Waals surface area contributed by atoms with Gasteiger partial charge in [0, 0.05) is 12.4 Å². The van der Waals surface area contributed by atoms with Crippen molar-refractivity contribution in [2.75, 3.05) is 0 Å². The van der Waals surface area contributed by atoms with Gasteiger partial charge in [-0.05, 0) is 12.5 Å². The van der Waals surface area contributed by atoms with Crippen LogP contribution in [0, 0.1) is 0 Å². The van der Waals surface area contributed by atoms with Crippen LogP contribution < -0.4 is 0 Å². The zero-order valence-corrected chi connectivity index (χ0v) is 7.27. The van der Waals surface area contributed by atoms with Gasteiger partial charge in [-0.25, -0.2) is 9.97 Å². The van der Waals surface area contributed by atoms with Crippen LogP contribution in [0.1, 0.15) is 23.2 Å². The van der Waals surface area contributed by atoms with Crippen molar-refractivity contribution >= 4 is 11.9 Å². The van der Waals surface area contributed by atoms with Crippen LogP contribution in [0.25, 0.3) is 5.65 Å². The number of rotatable bonds is 2. The van der Waals surface area contributed by atoms with Crippen LogP contribution in [0.5, 0.6) is 0 Å². The van der Waals surface area contributed by atoms with Crippen molar-refractivity contribution in [3.63, 3.8) is 0 Å². The van der Waals surface area contributed by atoms with Crippen LogP contribution in [0.3, 0.4) is 0 Å². The molecule has 13 heavy (non-hydrogen) atoms. The lowest BCUT2D eigenvalue weighted by Gasteiger charge is -1.92. The second-order valence-electron chi connectivity index (χ2n) is 2.70. The van der Waals surface area contributed by atoms with E-state index >= 15 is 0 Å². The highest BCUT2D eigenvalue weighted by molar-refractivity contribution is 5.72. The number of aldehydes is 1. The summed E-state index contributed by atoms with van der Waals surface area (Å²) in [6.07, 6.45) is 5.02. The fraction of sp³-hybridized carbons (Fsp3) is 0.222. The Bertz CT molecular complexity index is 447. The van der Waals surface area contributed by atoms with Crippen molar-refractivity contribution in [2.24, 2.45) is 0 Å². The lowest BCUT2D eigenvalue weighted by atomic mass is 10.3. The van der Waals surface area contributed by atoms with Gasteiger partial charge in [0.1, 0.15) is 0 Å². The topological polar surface area (TPSA) is 47.3 Å². The molecule has 0 aliphatic heterocycles. The van der Waals surface area contributed by atoms with Gasteiger partial charge in [-0.3, -0.25) is 9.20 Å². The molecule has 4 nitrogen and oxygen atoms in total. The molecule has 2 rings (SSSR count). The second-order valence-corrected chi connectivity index (χ2v) is 2.70. The maximum absolute atomic E-state index is 10.6. The molecule has 0 amide bonds. The molecule has 0 spiro atoms. The largest absolute Gasteiger partial charge is 0.294 e. The Balaban J connectivity index is 2.81. The summed E-state index contributed by atoms with van der Waals surface area (Å²) in [5.74, 6) is 0.417. The van der Waals surface area contributed by atoms with E-state index in [1.807, 2.05) is 6.92 Å². The average molecular weight is 175 g/mol. The normalized spacial score (nSPS) is 10.5. The van der Waals surface area contributed by atoms with Crippen molar-refractivity contribution in [3.8, 4) is 0 Å². The summed E-state index contributed by atoms with van der Waals surface area (Å²) in [5.41, 5.74) is 1.63. The number of carbonyl (C=O) groups excluding carboxylic acids is 1. The Hall–Kier alpha value is -1.71. The zero-order valence-electron chi connectivity index (χ0n) is 7.27. The van der Waals surface area contributed by atoms with E-state index in [4.69, 9.17) is 0 Å². The molecule has 0 fully saturated rings. The Kier molecular flexibility index (Phi) is 1.81. The lowest BCUT2D eigenvalue weighted by Crippen LogP contribution is -1.91. The summed E-state index contributed by atoms with van der Waals surface area (Å²) in [7, 11) is 0. The molecule has 0 saturated heterocycles. The number of hydrogen-bond donors (Lipinski definition) is 0. The summed E-state index contributed by atoms with van der Waals surface area (Å²) in [5, 5.41) is 0. The standard InChI is InChI=1S/C9H9N3O/c1-2-7-9-10-4-3-5-12(9)8(6-13)11-7/h3-6H,2H2,1H3. The quantitative estimate of drug-likeness (QED) is 0.642. The van der Waals surface area contributed by atoms with E-state index in [0.29, 0.717) is 5.82 Å². The number of aromatic nitrogens is 3. The number of hydrogen-bond acceptors (Lipinski definition) is 3. The van der Waals surface area contributed by atoms with Gasteiger partial charge in [0.25, 0.3) is 0 Å². The van der Waals surface area contributed by atoms with Gasteiger partial charge in [-0.15, -0.1) is 0 Å². The van der Waals surface area contributed by atoms with E-state index in [9.17, 15) is 4.79 Å².